The fraction of sp³-hybridized carbons (Fsp3) is 0.389. The van der Waals surface area contributed by atoms with Gasteiger partial charge in [-0.05, 0) is 31.4 Å². The van der Waals surface area contributed by atoms with Crippen LogP contribution in [0, 0.1) is 11.8 Å². The molecule has 2 N–H and O–H groups in total. The largest absolute Gasteiger partial charge is 0.337 e. The highest BCUT2D eigenvalue weighted by Gasteiger charge is 2.44. The fourth-order valence-electron chi connectivity index (χ4n) is 3.83. The first kappa shape index (κ1) is 12.8. The van der Waals surface area contributed by atoms with E-state index in [0.29, 0.717) is 6.04 Å². The maximum atomic E-state index is 4.10. The molecule has 4 rings (SSSR count). The van der Waals surface area contributed by atoms with E-state index >= 15 is 0 Å². The average Bonchev–Trinajstić information content (AvgIpc) is 3.14. The first-order valence-corrected chi connectivity index (χ1v) is 7.91. The van der Waals surface area contributed by atoms with Crippen LogP contribution in [0.25, 0.3) is 5.69 Å². The lowest BCUT2D eigenvalue weighted by atomic mass is 9.71. The molecule has 0 amide bonds. The number of nitrogens with zero attached hydrogens (tertiary/aromatic N) is 2. The van der Waals surface area contributed by atoms with E-state index in [-0.39, 0.29) is 0 Å². The molecule has 0 radical (unpaired) electrons. The molecule has 108 valence electrons. The Labute approximate surface area is 125 Å². The van der Waals surface area contributed by atoms with Gasteiger partial charge in [0.25, 0.3) is 0 Å². The van der Waals surface area contributed by atoms with Gasteiger partial charge in [-0.3, -0.25) is 0 Å². The second-order valence-corrected chi connectivity index (χ2v) is 6.44. The Morgan fingerprint density at radius 1 is 1.29 bits per heavy atom. The van der Waals surface area contributed by atoms with Gasteiger partial charge in [0.05, 0.1) is 12.4 Å². The molecule has 3 heteroatoms. The van der Waals surface area contributed by atoms with Crippen LogP contribution in [-0.2, 0) is 0 Å². The van der Waals surface area contributed by atoms with Gasteiger partial charge in [-0.25, -0.2) is 4.98 Å². The third kappa shape index (κ3) is 2.32. The van der Waals surface area contributed by atoms with Crippen LogP contribution in [0.1, 0.15) is 31.4 Å². The highest BCUT2D eigenvalue weighted by atomic mass is 15.0. The SMILES string of the molecule is C[C@H]([NH2+][C@H]1C[C@H]2CC=C[C@@H]21)c1ccc(-n2ccnc2)cc1. The second-order valence-electron chi connectivity index (χ2n) is 6.44. The Hall–Kier alpha value is -1.87. The van der Waals surface area contributed by atoms with Crippen LogP contribution in [0.15, 0.2) is 55.1 Å². The molecule has 21 heavy (non-hydrogen) atoms. The molecule has 4 atom stereocenters. The van der Waals surface area contributed by atoms with Crippen molar-refractivity contribution < 1.29 is 5.32 Å². The maximum absolute atomic E-state index is 4.10. The number of quaternary nitrogens is 1. The molecule has 0 bridgehead atoms. The van der Waals surface area contributed by atoms with E-state index in [1.165, 1.54) is 24.1 Å². The molecular formula is C18H22N3+. The number of rotatable bonds is 4. The van der Waals surface area contributed by atoms with Gasteiger partial charge in [0.2, 0.25) is 0 Å². The van der Waals surface area contributed by atoms with Gasteiger partial charge in [-0.1, -0.05) is 24.3 Å². The van der Waals surface area contributed by atoms with E-state index in [9.17, 15) is 0 Å². The van der Waals surface area contributed by atoms with E-state index < -0.39 is 0 Å². The molecule has 1 saturated carbocycles. The van der Waals surface area contributed by atoms with Crippen LogP contribution < -0.4 is 5.32 Å². The number of benzene rings is 1. The lowest BCUT2D eigenvalue weighted by Crippen LogP contribution is -2.94. The van der Waals surface area contributed by atoms with Crippen molar-refractivity contribution in [3.8, 4) is 5.69 Å². The third-order valence-electron chi connectivity index (χ3n) is 5.17. The quantitative estimate of drug-likeness (QED) is 0.858. The Bertz CT molecular complexity index is 627. The number of allylic oxidation sites excluding steroid dienone is 1. The van der Waals surface area contributed by atoms with Crippen LogP contribution in [0.5, 0.6) is 0 Å². The molecule has 0 aliphatic heterocycles. The highest BCUT2D eigenvalue weighted by molar-refractivity contribution is 5.35. The Balaban J connectivity index is 1.42. The van der Waals surface area contributed by atoms with Crippen LogP contribution in [0.2, 0.25) is 0 Å². The number of nitrogens with two attached hydrogens (primary N) is 1. The first-order chi connectivity index (χ1) is 10.3. The molecule has 2 aromatic rings. The summed E-state index contributed by atoms with van der Waals surface area (Å²) in [5.74, 6) is 1.78. The van der Waals surface area contributed by atoms with E-state index in [1.54, 1.807) is 0 Å². The molecular weight excluding hydrogens is 258 g/mol. The number of imidazole rings is 1. The Morgan fingerprint density at radius 3 is 2.86 bits per heavy atom. The number of hydrogen-bond acceptors (Lipinski definition) is 1. The van der Waals surface area contributed by atoms with Gasteiger partial charge in [0.1, 0.15) is 6.04 Å². The zero-order valence-electron chi connectivity index (χ0n) is 12.4. The molecule has 3 nitrogen and oxygen atoms in total. The molecule has 0 saturated heterocycles. The van der Waals surface area contributed by atoms with Crippen molar-refractivity contribution in [3.63, 3.8) is 0 Å². The van der Waals surface area contributed by atoms with E-state index in [4.69, 9.17) is 0 Å². The van der Waals surface area contributed by atoms with Crippen LogP contribution in [0.3, 0.4) is 0 Å². The molecule has 0 spiro atoms. The lowest BCUT2D eigenvalue weighted by Gasteiger charge is -2.39. The predicted octanol–water partition coefficient (Wildman–Crippen LogP) is 2.46. The van der Waals surface area contributed by atoms with Crippen molar-refractivity contribution in [2.24, 2.45) is 11.8 Å². The minimum atomic E-state index is 0.529. The van der Waals surface area contributed by atoms with Crippen molar-refractivity contribution in [3.05, 3.63) is 60.7 Å². The van der Waals surface area contributed by atoms with Gasteiger partial charge in [-0.15, -0.1) is 0 Å². The zero-order chi connectivity index (χ0) is 14.2. The van der Waals surface area contributed by atoms with Crippen molar-refractivity contribution >= 4 is 0 Å². The monoisotopic (exact) mass is 280 g/mol. The summed E-state index contributed by atoms with van der Waals surface area (Å²) in [6.07, 6.45) is 13.1. The summed E-state index contributed by atoms with van der Waals surface area (Å²) >= 11 is 0. The average molecular weight is 280 g/mol. The summed E-state index contributed by atoms with van der Waals surface area (Å²) in [5.41, 5.74) is 2.58. The normalized spacial score (nSPS) is 28.1. The van der Waals surface area contributed by atoms with Crippen LogP contribution >= 0.6 is 0 Å². The summed E-state index contributed by atoms with van der Waals surface area (Å²) < 4.78 is 2.04. The summed E-state index contributed by atoms with van der Waals surface area (Å²) in [6, 6.07) is 10.2. The van der Waals surface area contributed by atoms with Gasteiger partial charge in [-0.2, -0.15) is 0 Å². The van der Waals surface area contributed by atoms with E-state index in [2.05, 4.69) is 53.6 Å². The third-order valence-corrected chi connectivity index (χ3v) is 5.17. The van der Waals surface area contributed by atoms with Crippen molar-refractivity contribution in [2.75, 3.05) is 0 Å². The standard InChI is InChI=1S/C18H21N3/c1-13(20-18-11-15-3-2-4-17(15)18)14-5-7-16(8-6-14)21-10-9-19-12-21/h2,4-10,12-13,15,17-18,20H,3,11H2,1H3/p+1/t13-,15+,17-,18-/m0/s1. The molecule has 1 aromatic carbocycles. The Kier molecular flexibility index (Phi) is 3.15. The molecule has 1 heterocycles. The molecule has 0 unspecified atom stereocenters. The first-order valence-electron chi connectivity index (χ1n) is 7.91. The van der Waals surface area contributed by atoms with Crippen molar-refractivity contribution in [2.45, 2.75) is 31.8 Å². The van der Waals surface area contributed by atoms with Gasteiger partial charge in [0, 0.05) is 36.0 Å². The topological polar surface area (TPSA) is 34.4 Å². The maximum Gasteiger partial charge on any atom is 0.109 e. The highest BCUT2D eigenvalue weighted by Crippen LogP contribution is 2.41. The van der Waals surface area contributed by atoms with Gasteiger partial charge in [0.15, 0.2) is 0 Å². The summed E-state index contributed by atoms with van der Waals surface area (Å²) in [4.78, 5) is 4.10. The van der Waals surface area contributed by atoms with E-state index in [0.717, 1.165) is 17.9 Å². The zero-order valence-corrected chi connectivity index (χ0v) is 12.4. The van der Waals surface area contributed by atoms with Gasteiger partial charge < -0.3 is 9.88 Å². The molecule has 2 aliphatic rings. The van der Waals surface area contributed by atoms with Crippen LogP contribution in [-0.4, -0.2) is 15.6 Å². The van der Waals surface area contributed by atoms with E-state index in [1.807, 2.05) is 23.3 Å². The van der Waals surface area contributed by atoms with Gasteiger partial charge >= 0.3 is 0 Å². The molecule has 2 aliphatic carbocycles. The minimum absolute atomic E-state index is 0.529. The van der Waals surface area contributed by atoms with Crippen molar-refractivity contribution in [1.29, 1.82) is 0 Å². The minimum Gasteiger partial charge on any atom is -0.337 e. The summed E-state index contributed by atoms with van der Waals surface area (Å²) in [6.45, 7) is 2.32. The predicted molar refractivity (Wildman–Crippen MR) is 83.0 cm³/mol. The number of aromatic nitrogens is 2. The molecule has 1 fully saturated rings. The lowest BCUT2D eigenvalue weighted by molar-refractivity contribution is -0.741. The number of hydrogen-bond donors (Lipinski definition) is 1. The Morgan fingerprint density at radius 2 is 2.14 bits per heavy atom. The van der Waals surface area contributed by atoms with Crippen molar-refractivity contribution in [1.82, 2.24) is 9.55 Å². The smallest absolute Gasteiger partial charge is 0.109 e. The molecule has 1 aromatic heterocycles. The van der Waals surface area contributed by atoms with Crippen LogP contribution in [0.4, 0.5) is 0 Å². The fourth-order valence-corrected chi connectivity index (χ4v) is 3.83. The summed E-state index contributed by atoms with van der Waals surface area (Å²) in [5, 5.41) is 2.56. The number of fused-ring (bicyclic) bond motifs is 1. The second kappa shape index (κ2) is 5.15. The summed E-state index contributed by atoms with van der Waals surface area (Å²) in [7, 11) is 0.